The summed E-state index contributed by atoms with van der Waals surface area (Å²) in [6, 6.07) is 6.01. The van der Waals surface area contributed by atoms with E-state index in [0.29, 0.717) is 22.9 Å². The molecular weight excluding hydrogens is 406 g/mol. The predicted molar refractivity (Wildman–Crippen MR) is 121 cm³/mol. The number of aryl methyl sites for hydroxylation is 1. The topological polar surface area (TPSA) is 94.1 Å². The third-order valence-corrected chi connectivity index (χ3v) is 7.09. The minimum absolute atomic E-state index is 0.166. The summed E-state index contributed by atoms with van der Waals surface area (Å²) >= 11 is 0. The number of aliphatic hydroxyl groups excluding tert-OH is 1. The number of ether oxygens (including phenoxy) is 1. The highest BCUT2D eigenvalue weighted by Gasteiger charge is 2.41. The van der Waals surface area contributed by atoms with Crippen LogP contribution in [0.5, 0.6) is 0 Å². The van der Waals surface area contributed by atoms with E-state index in [0.717, 1.165) is 66.9 Å². The van der Waals surface area contributed by atoms with E-state index >= 15 is 0 Å². The summed E-state index contributed by atoms with van der Waals surface area (Å²) < 4.78 is 9.49. The number of aliphatic hydroxyl groups is 1. The van der Waals surface area contributed by atoms with Crippen LogP contribution in [-0.4, -0.2) is 60.4 Å². The number of benzene rings is 1. The van der Waals surface area contributed by atoms with Crippen molar-refractivity contribution in [3.05, 3.63) is 36.3 Å². The van der Waals surface area contributed by atoms with E-state index in [1.807, 2.05) is 36.1 Å². The molecule has 0 unspecified atom stereocenters. The highest BCUT2D eigenvalue weighted by atomic mass is 16.5. The fourth-order valence-electron chi connectivity index (χ4n) is 5.38. The smallest absolute Gasteiger partial charge is 0.182 e. The van der Waals surface area contributed by atoms with Crippen LogP contribution >= 0.6 is 0 Å². The zero-order valence-electron chi connectivity index (χ0n) is 18.4. The Balaban J connectivity index is 1.38. The van der Waals surface area contributed by atoms with Crippen LogP contribution in [-0.2, 0) is 18.4 Å². The fraction of sp³-hybridized carbons (Fsp3) is 0.478. The summed E-state index contributed by atoms with van der Waals surface area (Å²) in [5, 5.41) is 20.1. The Bertz CT molecular complexity index is 1300. The molecule has 0 amide bonds. The predicted octanol–water partition coefficient (Wildman–Crippen LogP) is 2.59. The maximum absolute atomic E-state index is 10.1. The lowest BCUT2D eigenvalue weighted by molar-refractivity contribution is 0.0975. The Hall–Kier alpha value is -3.04. The number of para-hydroxylation sites is 1. The lowest BCUT2D eigenvalue weighted by Crippen LogP contribution is -2.41. The molecule has 1 atom stereocenters. The molecule has 0 aliphatic carbocycles. The third kappa shape index (κ3) is 2.99. The van der Waals surface area contributed by atoms with E-state index < -0.39 is 0 Å². The Morgan fingerprint density at radius 2 is 2.00 bits per heavy atom. The van der Waals surface area contributed by atoms with E-state index in [2.05, 4.69) is 22.0 Å². The average molecular weight is 434 g/mol. The van der Waals surface area contributed by atoms with E-state index in [1.54, 1.807) is 10.9 Å². The number of hydrogen-bond donors (Lipinski definition) is 1. The zero-order valence-corrected chi connectivity index (χ0v) is 18.4. The summed E-state index contributed by atoms with van der Waals surface area (Å²) in [6.07, 6.45) is 7.21. The molecule has 4 aromatic rings. The van der Waals surface area contributed by atoms with Crippen LogP contribution in [0, 0.1) is 5.41 Å². The fourth-order valence-corrected chi connectivity index (χ4v) is 5.38. The van der Waals surface area contributed by atoms with Crippen molar-refractivity contribution in [2.24, 2.45) is 12.5 Å². The summed E-state index contributed by atoms with van der Waals surface area (Å²) in [4.78, 5) is 12.0. The number of fused-ring (bicyclic) bond motifs is 2. The number of nitrogens with zero attached hydrogens (tertiary/aromatic N) is 7. The second-order valence-corrected chi connectivity index (χ2v) is 9.21. The lowest BCUT2D eigenvalue weighted by Gasteiger charge is -2.39. The van der Waals surface area contributed by atoms with Crippen LogP contribution in [0.2, 0.25) is 0 Å². The molecule has 5 heterocycles. The second kappa shape index (κ2) is 7.25. The second-order valence-electron chi connectivity index (χ2n) is 9.21. The van der Waals surface area contributed by atoms with Crippen molar-refractivity contribution in [2.75, 3.05) is 24.6 Å². The van der Waals surface area contributed by atoms with Gasteiger partial charge in [-0.1, -0.05) is 12.1 Å². The molecule has 166 valence electrons. The van der Waals surface area contributed by atoms with Gasteiger partial charge in [-0.2, -0.15) is 10.2 Å². The zero-order chi connectivity index (χ0) is 21.9. The molecule has 1 N–H and O–H groups in total. The van der Waals surface area contributed by atoms with Gasteiger partial charge in [-0.05, 0) is 37.7 Å². The van der Waals surface area contributed by atoms with Gasteiger partial charge in [-0.3, -0.25) is 4.68 Å². The first-order chi connectivity index (χ1) is 15.6. The van der Waals surface area contributed by atoms with Crippen molar-refractivity contribution in [1.82, 2.24) is 29.5 Å². The Morgan fingerprint density at radius 1 is 1.16 bits per heavy atom. The first-order valence-electron chi connectivity index (χ1n) is 11.2. The molecule has 3 aromatic heterocycles. The van der Waals surface area contributed by atoms with Crippen LogP contribution in [0.3, 0.4) is 0 Å². The molecule has 0 radical (unpaired) electrons. The normalized spacial score (nSPS) is 20.7. The molecule has 2 aliphatic rings. The molecule has 0 saturated carbocycles. The molecule has 2 saturated heterocycles. The summed E-state index contributed by atoms with van der Waals surface area (Å²) in [5.41, 5.74) is 4.09. The van der Waals surface area contributed by atoms with Gasteiger partial charge in [0.25, 0.3) is 0 Å². The van der Waals surface area contributed by atoms with Crippen LogP contribution < -0.4 is 4.90 Å². The van der Waals surface area contributed by atoms with Gasteiger partial charge in [0.2, 0.25) is 0 Å². The lowest BCUT2D eigenvalue weighted by atomic mass is 9.77. The molecule has 2 aliphatic heterocycles. The van der Waals surface area contributed by atoms with Crippen molar-refractivity contribution in [1.29, 1.82) is 0 Å². The molecule has 32 heavy (non-hydrogen) atoms. The van der Waals surface area contributed by atoms with Gasteiger partial charge in [0.05, 0.1) is 42.9 Å². The highest BCUT2D eigenvalue weighted by molar-refractivity contribution is 5.88. The van der Waals surface area contributed by atoms with E-state index in [4.69, 9.17) is 14.7 Å². The molecule has 6 rings (SSSR count). The van der Waals surface area contributed by atoms with Gasteiger partial charge in [0.1, 0.15) is 11.2 Å². The number of anilines is 1. The first kappa shape index (κ1) is 19.6. The van der Waals surface area contributed by atoms with Crippen molar-refractivity contribution >= 4 is 27.9 Å². The van der Waals surface area contributed by atoms with Crippen molar-refractivity contribution in [3.63, 3.8) is 0 Å². The van der Waals surface area contributed by atoms with Crippen LogP contribution in [0.25, 0.3) is 27.8 Å². The summed E-state index contributed by atoms with van der Waals surface area (Å²) in [7, 11) is 1.92. The van der Waals surface area contributed by atoms with Crippen LogP contribution in [0.15, 0.2) is 30.6 Å². The monoisotopic (exact) mass is 433 g/mol. The molecule has 0 bridgehead atoms. The van der Waals surface area contributed by atoms with Gasteiger partial charge >= 0.3 is 0 Å². The molecule has 9 heteroatoms. The van der Waals surface area contributed by atoms with E-state index in [9.17, 15) is 5.11 Å². The highest BCUT2D eigenvalue weighted by Crippen LogP contribution is 2.42. The molecule has 1 spiro atoms. The van der Waals surface area contributed by atoms with Gasteiger partial charge in [0, 0.05) is 25.5 Å². The standard InChI is InChI=1S/C23H27N7O2/c1-15-10-23(14-32-15)6-8-29(9-7-23)21-18(13-31)27-22-17(26-21)12-25-30(22)19-5-3-4-16-11-24-28(2)20(16)19/h3-5,11-12,15,31H,6-10,13-14H2,1-2H3/t15-/m0/s1. The van der Waals surface area contributed by atoms with Crippen LogP contribution in [0.4, 0.5) is 5.82 Å². The van der Waals surface area contributed by atoms with Crippen molar-refractivity contribution < 1.29 is 9.84 Å². The van der Waals surface area contributed by atoms with Crippen molar-refractivity contribution in [2.45, 2.75) is 38.9 Å². The summed E-state index contributed by atoms with van der Waals surface area (Å²) in [5.74, 6) is 0.764. The number of aromatic nitrogens is 6. The van der Waals surface area contributed by atoms with E-state index in [1.165, 1.54) is 0 Å². The first-order valence-corrected chi connectivity index (χ1v) is 11.2. The average Bonchev–Trinajstić information content (AvgIpc) is 3.50. The minimum Gasteiger partial charge on any atom is -0.390 e. The Kier molecular flexibility index (Phi) is 4.44. The quantitative estimate of drug-likeness (QED) is 0.531. The van der Waals surface area contributed by atoms with Gasteiger partial charge in [-0.15, -0.1) is 0 Å². The minimum atomic E-state index is -0.166. The molecular formula is C23H27N7O2. The molecule has 9 nitrogen and oxygen atoms in total. The number of hydrogen-bond acceptors (Lipinski definition) is 7. The summed E-state index contributed by atoms with van der Waals surface area (Å²) in [6.45, 7) is 4.64. The van der Waals surface area contributed by atoms with Crippen LogP contribution in [0.1, 0.15) is 31.9 Å². The Labute approximate surface area is 185 Å². The molecule has 1 aromatic carbocycles. The SMILES string of the molecule is C[C@H]1CC2(CCN(c3nc4cnn(-c5cccc6cnn(C)c56)c4nc3CO)CC2)CO1. The maximum Gasteiger partial charge on any atom is 0.182 e. The van der Waals surface area contributed by atoms with Crippen molar-refractivity contribution in [3.8, 4) is 5.69 Å². The van der Waals surface area contributed by atoms with E-state index in [-0.39, 0.29) is 6.61 Å². The molecule has 2 fully saturated rings. The third-order valence-electron chi connectivity index (χ3n) is 7.09. The maximum atomic E-state index is 10.1. The number of rotatable bonds is 3. The largest absolute Gasteiger partial charge is 0.390 e. The van der Waals surface area contributed by atoms with Gasteiger partial charge in [0.15, 0.2) is 11.5 Å². The van der Waals surface area contributed by atoms with Gasteiger partial charge < -0.3 is 14.7 Å². The Morgan fingerprint density at radius 3 is 2.75 bits per heavy atom. The van der Waals surface area contributed by atoms with Gasteiger partial charge in [-0.25, -0.2) is 14.6 Å². The number of piperidine rings is 1.